The Bertz CT molecular complexity index is 133. The third-order valence-corrected chi connectivity index (χ3v) is 3.60. The van der Waals surface area contributed by atoms with Crippen molar-refractivity contribution in [3.63, 3.8) is 0 Å². The lowest BCUT2D eigenvalue weighted by Gasteiger charge is -2.27. The topological polar surface area (TPSA) is 26.0 Å². The highest BCUT2D eigenvalue weighted by Gasteiger charge is 2.36. The van der Waals surface area contributed by atoms with Gasteiger partial charge in [0.05, 0.1) is 0 Å². The van der Waals surface area contributed by atoms with Crippen molar-refractivity contribution >= 4 is 0 Å². The van der Waals surface area contributed by atoms with Gasteiger partial charge in [0.1, 0.15) is 0 Å². The smallest absolute Gasteiger partial charge is 0.00204 e. The van der Waals surface area contributed by atoms with E-state index in [1.807, 2.05) is 0 Å². The molecule has 72 valence electrons. The van der Waals surface area contributed by atoms with Gasteiger partial charge >= 0.3 is 0 Å². The van der Waals surface area contributed by atoms with E-state index in [0.29, 0.717) is 5.41 Å². The van der Waals surface area contributed by atoms with Crippen LogP contribution in [0.5, 0.6) is 0 Å². The number of nitrogens with two attached hydrogens (primary N) is 1. The van der Waals surface area contributed by atoms with E-state index in [-0.39, 0.29) is 0 Å². The predicted molar refractivity (Wildman–Crippen MR) is 54.0 cm³/mol. The Kier molecular flexibility index (Phi) is 3.57. The van der Waals surface area contributed by atoms with Crippen molar-refractivity contribution in [1.82, 2.24) is 0 Å². The molecule has 0 bridgehead atoms. The van der Waals surface area contributed by atoms with E-state index in [2.05, 4.69) is 13.8 Å². The molecule has 2 unspecified atom stereocenters. The molecule has 12 heavy (non-hydrogen) atoms. The highest BCUT2D eigenvalue weighted by atomic mass is 14.6. The van der Waals surface area contributed by atoms with E-state index < -0.39 is 0 Å². The van der Waals surface area contributed by atoms with Crippen LogP contribution in [-0.2, 0) is 0 Å². The van der Waals surface area contributed by atoms with E-state index in [1.165, 1.54) is 38.5 Å². The summed E-state index contributed by atoms with van der Waals surface area (Å²) in [5, 5.41) is 0. The summed E-state index contributed by atoms with van der Waals surface area (Å²) in [4.78, 5) is 0. The maximum atomic E-state index is 5.87. The van der Waals surface area contributed by atoms with Gasteiger partial charge in [0.15, 0.2) is 0 Å². The van der Waals surface area contributed by atoms with Crippen LogP contribution in [-0.4, -0.2) is 6.54 Å². The molecule has 0 heterocycles. The molecule has 1 rings (SSSR count). The molecular weight excluding hydrogens is 146 g/mol. The standard InChI is InChI=1S/C11H23N/c1-3-6-11(9-12)7-5-10(4-2)8-11/h10H,3-9,12H2,1-2H3. The minimum atomic E-state index is 0.537. The van der Waals surface area contributed by atoms with E-state index in [1.54, 1.807) is 0 Å². The van der Waals surface area contributed by atoms with Crippen molar-refractivity contribution < 1.29 is 0 Å². The number of rotatable bonds is 4. The third kappa shape index (κ3) is 2.01. The molecule has 0 spiro atoms. The van der Waals surface area contributed by atoms with Crippen molar-refractivity contribution in [2.75, 3.05) is 6.54 Å². The summed E-state index contributed by atoms with van der Waals surface area (Å²) < 4.78 is 0. The van der Waals surface area contributed by atoms with Crippen molar-refractivity contribution in [1.29, 1.82) is 0 Å². The average Bonchev–Trinajstić information content (AvgIpc) is 2.50. The Morgan fingerprint density at radius 3 is 2.58 bits per heavy atom. The minimum absolute atomic E-state index is 0.537. The number of hydrogen-bond donors (Lipinski definition) is 1. The first-order valence-corrected chi connectivity index (χ1v) is 5.46. The van der Waals surface area contributed by atoms with Crippen molar-refractivity contribution in [2.45, 2.75) is 52.4 Å². The Balaban J connectivity index is 2.47. The summed E-state index contributed by atoms with van der Waals surface area (Å²) in [7, 11) is 0. The van der Waals surface area contributed by atoms with E-state index >= 15 is 0 Å². The van der Waals surface area contributed by atoms with Crippen LogP contribution in [0.2, 0.25) is 0 Å². The first-order chi connectivity index (χ1) is 5.76. The molecule has 2 N–H and O–H groups in total. The maximum Gasteiger partial charge on any atom is -0.00204 e. The SMILES string of the molecule is CCCC1(CN)CCC(CC)C1. The molecule has 0 aromatic heterocycles. The van der Waals surface area contributed by atoms with Crippen LogP contribution in [0, 0.1) is 11.3 Å². The Labute approximate surface area is 76.7 Å². The quantitative estimate of drug-likeness (QED) is 0.688. The Hall–Kier alpha value is -0.0400. The normalized spacial score (nSPS) is 35.8. The van der Waals surface area contributed by atoms with Gasteiger partial charge in [-0.15, -0.1) is 0 Å². The highest BCUT2D eigenvalue weighted by Crippen LogP contribution is 2.45. The van der Waals surface area contributed by atoms with Gasteiger partial charge in [-0.1, -0.05) is 26.7 Å². The molecule has 1 aliphatic rings. The van der Waals surface area contributed by atoms with Crippen molar-refractivity contribution in [2.24, 2.45) is 17.1 Å². The lowest BCUT2D eigenvalue weighted by atomic mass is 9.81. The second-order valence-corrected chi connectivity index (χ2v) is 4.47. The van der Waals surface area contributed by atoms with E-state index in [4.69, 9.17) is 5.73 Å². The molecule has 1 heteroatoms. The molecule has 0 aliphatic heterocycles. The van der Waals surface area contributed by atoms with Crippen LogP contribution in [0.25, 0.3) is 0 Å². The van der Waals surface area contributed by atoms with Gasteiger partial charge in [-0.3, -0.25) is 0 Å². The fraction of sp³-hybridized carbons (Fsp3) is 1.00. The van der Waals surface area contributed by atoms with E-state index in [9.17, 15) is 0 Å². The van der Waals surface area contributed by atoms with Crippen LogP contribution >= 0.6 is 0 Å². The summed E-state index contributed by atoms with van der Waals surface area (Å²) >= 11 is 0. The monoisotopic (exact) mass is 169 g/mol. The number of hydrogen-bond acceptors (Lipinski definition) is 1. The molecule has 1 nitrogen and oxygen atoms in total. The highest BCUT2D eigenvalue weighted by molar-refractivity contribution is 4.88. The molecule has 0 aromatic rings. The van der Waals surface area contributed by atoms with Gasteiger partial charge in [0.2, 0.25) is 0 Å². The Morgan fingerprint density at radius 1 is 1.42 bits per heavy atom. The lowest BCUT2D eigenvalue weighted by molar-refractivity contribution is 0.266. The molecule has 0 radical (unpaired) electrons. The van der Waals surface area contributed by atoms with Crippen LogP contribution in [0.15, 0.2) is 0 Å². The molecule has 0 amide bonds. The fourth-order valence-corrected chi connectivity index (χ4v) is 2.72. The minimum Gasteiger partial charge on any atom is -0.330 e. The fourth-order valence-electron chi connectivity index (χ4n) is 2.72. The largest absolute Gasteiger partial charge is 0.330 e. The second-order valence-electron chi connectivity index (χ2n) is 4.47. The van der Waals surface area contributed by atoms with Crippen molar-refractivity contribution in [3.8, 4) is 0 Å². The molecular formula is C11H23N. The summed E-state index contributed by atoms with van der Waals surface area (Å²) in [6, 6.07) is 0. The summed E-state index contributed by atoms with van der Waals surface area (Å²) in [5.74, 6) is 0.972. The van der Waals surface area contributed by atoms with Crippen LogP contribution < -0.4 is 5.73 Å². The lowest BCUT2D eigenvalue weighted by Crippen LogP contribution is -2.27. The van der Waals surface area contributed by atoms with Gasteiger partial charge < -0.3 is 5.73 Å². The summed E-state index contributed by atoms with van der Waals surface area (Å²) in [6.45, 7) is 5.50. The van der Waals surface area contributed by atoms with Gasteiger partial charge in [-0.25, -0.2) is 0 Å². The Morgan fingerprint density at radius 2 is 2.17 bits per heavy atom. The van der Waals surface area contributed by atoms with Crippen LogP contribution in [0.3, 0.4) is 0 Å². The first-order valence-electron chi connectivity index (χ1n) is 5.46. The van der Waals surface area contributed by atoms with Gasteiger partial charge in [-0.05, 0) is 43.6 Å². The molecule has 1 saturated carbocycles. The second kappa shape index (κ2) is 4.27. The zero-order valence-corrected chi connectivity index (χ0v) is 8.60. The van der Waals surface area contributed by atoms with Crippen molar-refractivity contribution in [3.05, 3.63) is 0 Å². The molecule has 0 saturated heterocycles. The first kappa shape index (κ1) is 10.0. The molecule has 0 aromatic carbocycles. The average molecular weight is 169 g/mol. The van der Waals surface area contributed by atoms with Gasteiger partial charge in [0, 0.05) is 0 Å². The predicted octanol–water partition coefficient (Wildman–Crippen LogP) is 2.94. The van der Waals surface area contributed by atoms with Gasteiger partial charge in [0.25, 0.3) is 0 Å². The molecule has 1 fully saturated rings. The maximum absolute atomic E-state index is 5.87. The zero-order chi connectivity index (χ0) is 9.03. The third-order valence-electron chi connectivity index (χ3n) is 3.60. The van der Waals surface area contributed by atoms with E-state index in [0.717, 1.165) is 12.5 Å². The van der Waals surface area contributed by atoms with Gasteiger partial charge in [-0.2, -0.15) is 0 Å². The van der Waals surface area contributed by atoms with Crippen LogP contribution in [0.4, 0.5) is 0 Å². The molecule has 1 aliphatic carbocycles. The summed E-state index contributed by atoms with van der Waals surface area (Å²) in [6.07, 6.45) is 8.20. The molecule has 2 atom stereocenters. The zero-order valence-electron chi connectivity index (χ0n) is 8.60. The summed E-state index contributed by atoms with van der Waals surface area (Å²) in [5.41, 5.74) is 6.41. The van der Waals surface area contributed by atoms with Crippen LogP contribution in [0.1, 0.15) is 52.4 Å².